The zero-order chi connectivity index (χ0) is 17.3. The molecule has 1 atom stereocenters. The Labute approximate surface area is 137 Å². The fourth-order valence-electron chi connectivity index (χ4n) is 2.04. The number of benzene rings is 1. The number of carbonyl (C=O) groups excluding carboxylic acids is 1. The van der Waals surface area contributed by atoms with E-state index >= 15 is 0 Å². The van der Waals surface area contributed by atoms with E-state index in [9.17, 15) is 17.6 Å². The van der Waals surface area contributed by atoms with Crippen LogP contribution in [0.5, 0.6) is 0 Å². The summed E-state index contributed by atoms with van der Waals surface area (Å²) in [5, 5.41) is 0. The van der Waals surface area contributed by atoms with Crippen molar-refractivity contribution < 1.29 is 21.8 Å². The summed E-state index contributed by atoms with van der Waals surface area (Å²) in [5.41, 5.74) is 0. The number of hydrogen-bond donors (Lipinski definition) is 0. The van der Waals surface area contributed by atoms with Gasteiger partial charge in [-0.25, -0.2) is 4.39 Å². The number of nitrogens with zero attached hydrogens (tertiary/aromatic N) is 1. The molecule has 1 aromatic carbocycles. The van der Waals surface area contributed by atoms with E-state index < -0.39 is 22.1 Å². The molecule has 0 radical (unpaired) electrons. The zero-order valence-corrected chi connectivity index (χ0v) is 14.4. The first kappa shape index (κ1) is 19.7. The van der Waals surface area contributed by atoms with Crippen molar-refractivity contribution >= 4 is 15.9 Å². The Morgan fingerprint density at radius 1 is 1.22 bits per heavy atom. The van der Waals surface area contributed by atoms with E-state index in [0.717, 1.165) is 0 Å². The molecule has 0 aromatic heterocycles. The zero-order valence-electron chi connectivity index (χ0n) is 13.6. The lowest BCUT2D eigenvalue weighted by atomic mass is 10.1. The fraction of sp³-hybridized carbons (Fsp3) is 0.562. The van der Waals surface area contributed by atoms with Crippen LogP contribution in [0.15, 0.2) is 35.2 Å². The molecule has 7 heteroatoms. The third kappa shape index (κ3) is 6.76. The summed E-state index contributed by atoms with van der Waals surface area (Å²) in [6.07, 6.45) is -1.15. The Kier molecular flexibility index (Phi) is 8.36. The van der Waals surface area contributed by atoms with E-state index in [1.54, 1.807) is 25.1 Å². The van der Waals surface area contributed by atoms with Gasteiger partial charge in [0.15, 0.2) is 12.0 Å². The molecule has 1 unspecified atom stereocenters. The Bertz CT molecular complexity index is 577. The third-order valence-corrected chi connectivity index (χ3v) is 4.85. The maximum atomic E-state index is 13.5. The highest BCUT2D eigenvalue weighted by atomic mass is 32.2. The van der Waals surface area contributed by atoms with Crippen molar-refractivity contribution in [1.29, 1.82) is 0 Å². The van der Waals surface area contributed by atoms with Crippen LogP contribution in [0, 0.1) is 0 Å². The van der Waals surface area contributed by atoms with Gasteiger partial charge in [0.1, 0.15) is 0 Å². The van der Waals surface area contributed by atoms with Gasteiger partial charge in [-0.15, -0.1) is 0 Å². The number of Topliss-reactive ketones (excluding diaryl/α,β-unsaturated/α-hetero) is 1. The molecule has 0 aliphatic carbocycles. The average molecular weight is 345 g/mol. The predicted molar refractivity (Wildman–Crippen MR) is 86.5 cm³/mol. The quantitative estimate of drug-likeness (QED) is 0.576. The van der Waals surface area contributed by atoms with E-state index in [1.165, 1.54) is 12.1 Å². The molecular formula is C16H24FNO4S. The van der Waals surface area contributed by atoms with Crippen LogP contribution in [0.4, 0.5) is 4.39 Å². The van der Waals surface area contributed by atoms with Crippen LogP contribution in [-0.2, 0) is 19.1 Å². The molecular weight excluding hydrogens is 321 g/mol. The van der Waals surface area contributed by atoms with Gasteiger partial charge in [0, 0.05) is 19.5 Å². The molecule has 0 bridgehead atoms. The van der Waals surface area contributed by atoms with Gasteiger partial charge < -0.3 is 4.90 Å². The van der Waals surface area contributed by atoms with Gasteiger partial charge in [-0.05, 0) is 25.1 Å². The fourth-order valence-corrected chi connectivity index (χ4v) is 2.96. The Morgan fingerprint density at radius 3 is 2.43 bits per heavy atom. The molecule has 0 spiro atoms. The monoisotopic (exact) mass is 345 g/mol. The first-order valence-electron chi connectivity index (χ1n) is 7.74. The molecule has 1 rings (SSSR count). The standard InChI is InChI=1S/C16H24FNO4S/c1-3-16(19)15(17)10-11-18(4-2)12-13-22-23(20,21)14-8-6-5-7-9-14/h5-9,15H,3-4,10-13H2,1-2H3. The lowest BCUT2D eigenvalue weighted by Gasteiger charge is -2.20. The Balaban J connectivity index is 2.42. The second-order valence-electron chi connectivity index (χ2n) is 5.10. The molecule has 0 fully saturated rings. The summed E-state index contributed by atoms with van der Waals surface area (Å²) in [6.45, 7) is 4.88. The number of rotatable bonds is 11. The Morgan fingerprint density at radius 2 is 1.87 bits per heavy atom. The molecule has 0 aliphatic heterocycles. The van der Waals surface area contributed by atoms with Crippen LogP contribution >= 0.6 is 0 Å². The molecule has 0 amide bonds. The minimum absolute atomic E-state index is 0.0102. The van der Waals surface area contributed by atoms with Gasteiger partial charge in [-0.3, -0.25) is 8.98 Å². The van der Waals surface area contributed by atoms with Crippen LogP contribution in [0.3, 0.4) is 0 Å². The van der Waals surface area contributed by atoms with Gasteiger partial charge in [-0.2, -0.15) is 8.42 Å². The topological polar surface area (TPSA) is 63.7 Å². The first-order valence-corrected chi connectivity index (χ1v) is 9.15. The molecule has 0 saturated heterocycles. The summed E-state index contributed by atoms with van der Waals surface area (Å²) < 4.78 is 42.4. The van der Waals surface area contributed by atoms with Crippen LogP contribution < -0.4 is 0 Å². The van der Waals surface area contributed by atoms with E-state index in [0.29, 0.717) is 19.6 Å². The van der Waals surface area contributed by atoms with Crippen LogP contribution in [0.1, 0.15) is 26.7 Å². The summed E-state index contributed by atoms with van der Waals surface area (Å²) in [4.78, 5) is 13.2. The summed E-state index contributed by atoms with van der Waals surface area (Å²) in [6, 6.07) is 7.91. The first-order chi connectivity index (χ1) is 10.9. The minimum atomic E-state index is -3.77. The van der Waals surface area contributed by atoms with Crippen molar-refractivity contribution in [3.8, 4) is 0 Å². The normalized spacial score (nSPS) is 13.2. The van der Waals surface area contributed by atoms with Crippen LogP contribution in [-0.4, -0.2) is 51.5 Å². The van der Waals surface area contributed by atoms with Gasteiger partial charge >= 0.3 is 0 Å². The largest absolute Gasteiger partial charge is 0.301 e. The second kappa shape index (κ2) is 9.75. The third-order valence-electron chi connectivity index (χ3n) is 3.52. The van der Waals surface area contributed by atoms with Crippen molar-refractivity contribution in [2.45, 2.75) is 37.8 Å². The van der Waals surface area contributed by atoms with Gasteiger partial charge in [0.05, 0.1) is 11.5 Å². The maximum Gasteiger partial charge on any atom is 0.297 e. The lowest BCUT2D eigenvalue weighted by Crippen LogP contribution is -2.31. The highest BCUT2D eigenvalue weighted by molar-refractivity contribution is 7.86. The number of hydrogen-bond acceptors (Lipinski definition) is 5. The van der Waals surface area contributed by atoms with Crippen LogP contribution in [0.2, 0.25) is 0 Å². The van der Waals surface area contributed by atoms with E-state index in [-0.39, 0.29) is 24.3 Å². The highest BCUT2D eigenvalue weighted by Crippen LogP contribution is 2.11. The summed E-state index contributed by atoms with van der Waals surface area (Å²) >= 11 is 0. The van der Waals surface area contributed by atoms with E-state index in [2.05, 4.69) is 0 Å². The number of ketones is 1. The average Bonchev–Trinajstić information content (AvgIpc) is 2.57. The van der Waals surface area contributed by atoms with E-state index in [4.69, 9.17) is 4.18 Å². The number of likely N-dealkylation sites (N-methyl/N-ethyl adjacent to an activating group) is 1. The molecule has 0 saturated carbocycles. The number of carbonyl (C=O) groups is 1. The lowest BCUT2D eigenvalue weighted by molar-refractivity contribution is -0.123. The SMILES string of the molecule is CCC(=O)C(F)CCN(CC)CCOS(=O)(=O)c1ccccc1. The molecule has 0 heterocycles. The molecule has 1 aromatic rings. The van der Waals surface area contributed by atoms with Gasteiger partial charge in [-0.1, -0.05) is 32.0 Å². The minimum Gasteiger partial charge on any atom is -0.301 e. The molecule has 0 aliphatic rings. The molecule has 0 N–H and O–H groups in total. The highest BCUT2D eigenvalue weighted by Gasteiger charge is 2.18. The number of halogens is 1. The van der Waals surface area contributed by atoms with E-state index in [1.807, 2.05) is 11.8 Å². The van der Waals surface area contributed by atoms with Crippen molar-refractivity contribution in [1.82, 2.24) is 4.90 Å². The molecule has 130 valence electrons. The smallest absolute Gasteiger partial charge is 0.297 e. The molecule has 5 nitrogen and oxygen atoms in total. The van der Waals surface area contributed by atoms with Crippen molar-refractivity contribution in [3.05, 3.63) is 30.3 Å². The predicted octanol–water partition coefficient (Wildman–Crippen LogP) is 2.42. The van der Waals surface area contributed by atoms with Gasteiger partial charge in [0.25, 0.3) is 10.1 Å². The van der Waals surface area contributed by atoms with Crippen molar-refractivity contribution in [2.75, 3.05) is 26.2 Å². The number of alkyl halides is 1. The summed E-state index contributed by atoms with van der Waals surface area (Å²) in [7, 11) is -3.77. The maximum absolute atomic E-state index is 13.5. The molecule has 23 heavy (non-hydrogen) atoms. The summed E-state index contributed by atoms with van der Waals surface area (Å²) in [5.74, 6) is -0.399. The van der Waals surface area contributed by atoms with Crippen molar-refractivity contribution in [2.24, 2.45) is 0 Å². The van der Waals surface area contributed by atoms with Crippen LogP contribution in [0.25, 0.3) is 0 Å². The van der Waals surface area contributed by atoms with Crippen molar-refractivity contribution in [3.63, 3.8) is 0 Å². The Hall–Kier alpha value is -1.31. The van der Waals surface area contributed by atoms with Gasteiger partial charge in [0.2, 0.25) is 0 Å². The second-order valence-corrected chi connectivity index (χ2v) is 6.71.